The topological polar surface area (TPSA) is 40.5 Å². The van der Waals surface area contributed by atoms with Crippen molar-refractivity contribution in [2.45, 2.75) is 44.6 Å². The Hall–Kier alpha value is -1.35. The monoisotopic (exact) mass is 273 g/mol. The van der Waals surface area contributed by atoms with Gasteiger partial charge in [-0.3, -0.25) is 4.79 Å². The molecule has 1 aliphatic heterocycles. The van der Waals surface area contributed by atoms with E-state index < -0.39 is 0 Å². The van der Waals surface area contributed by atoms with E-state index in [2.05, 4.69) is 12.1 Å². The molecule has 1 amide bonds. The van der Waals surface area contributed by atoms with E-state index in [0.29, 0.717) is 12.8 Å². The molecule has 3 nitrogen and oxygen atoms in total. The molecule has 3 heteroatoms. The number of piperidine rings is 1. The molecule has 1 N–H and O–H groups in total. The van der Waals surface area contributed by atoms with Crippen molar-refractivity contribution in [3.63, 3.8) is 0 Å². The van der Waals surface area contributed by atoms with Crippen molar-refractivity contribution < 1.29 is 9.90 Å². The van der Waals surface area contributed by atoms with Crippen molar-refractivity contribution in [3.05, 3.63) is 35.4 Å². The summed E-state index contributed by atoms with van der Waals surface area (Å²) in [4.78, 5) is 14.3. The Balaban J connectivity index is 1.64. The molecule has 0 radical (unpaired) electrons. The van der Waals surface area contributed by atoms with E-state index in [4.69, 9.17) is 0 Å². The zero-order valence-corrected chi connectivity index (χ0v) is 11.9. The molecule has 0 aromatic heterocycles. The summed E-state index contributed by atoms with van der Waals surface area (Å²) in [6.07, 6.45) is 5.13. The Morgan fingerprint density at radius 3 is 2.45 bits per heavy atom. The number of likely N-dealkylation sites (tertiary alicyclic amines) is 1. The standard InChI is InChI=1S/C17H23NO2/c19-16-11-14-7-3-2-6-13(14)10-15(16)12-17(20)18-8-4-1-5-9-18/h2-3,6-7,15-16,19H,1,4-5,8-12H2/t15-,16+/m1/s1. The molecule has 1 aromatic carbocycles. The van der Waals surface area contributed by atoms with Gasteiger partial charge < -0.3 is 10.0 Å². The van der Waals surface area contributed by atoms with Gasteiger partial charge in [-0.1, -0.05) is 24.3 Å². The van der Waals surface area contributed by atoms with Gasteiger partial charge in [0.05, 0.1) is 6.10 Å². The SMILES string of the molecule is O=C(C[C@H]1Cc2ccccc2C[C@@H]1O)N1CCCCC1. The van der Waals surface area contributed by atoms with Gasteiger partial charge in [-0.25, -0.2) is 0 Å². The number of amides is 1. The summed E-state index contributed by atoms with van der Waals surface area (Å²) in [7, 11) is 0. The first-order chi connectivity index (χ1) is 9.74. The first kappa shape index (κ1) is 13.6. The van der Waals surface area contributed by atoms with Crippen LogP contribution in [0.3, 0.4) is 0 Å². The number of carbonyl (C=O) groups excluding carboxylic acids is 1. The van der Waals surface area contributed by atoms with Crippen LogP contribution in [0, 0.1) is 5.92 Å². The second kappa shape index (κ2) is 5.96. The average Bonchev–Trinajstić information content (AvgIpc) is 2.49. The molecule has 1 saturated heterocycles. The highest BCUT2D eigenvalue weighted by atomic mass is 16.3. The van der Waals surface area contributed by atoms with Crippen molar-refractivity contribution in [3.8, 4) is 0 Å². The lowest BCUT2D eigenvalue weighted by atomic mass is 9.80. The van der Waals surface area contributed by atoms with Crippen molar-refractivity contribution in [2.24, 2.45) is 5.92 Å². The molecule has 2 atom stereocenters. The largest absolute Gasteiger partial charge is 0.392 e. The first-order valence-corrected chi connectivity index (χ1v) is 7.76. The van der Waals surface area contributed by atoms with Gasteiger partial charge in [0.2, 0.25) is 5.91 Å². The number of benzene rings is 1. The van der Waals surface area contributed by atoms with E-state index >= 15 is 0 Å². The summed E-state index contributed by atoms with van der Waals surface area (Å²) in [5.41, 5.74) is 2.54. The Bertz CT molecular complexity index is 480. The van der Waals surface area contributed by atoms with Gasteiger partial charge in [-0.05, 0) is 49.1 Å². The number of hydrogen-bond donors (Lipinski definition) is 1. The first-order valence-electron chi connectivity index (χ1n) is 7.76. The molecule has 1 aliphatic carbocycles. The van der Waals surface area contributed by atoms with Crippen molar-refractivity contribution in [1.29, 1.82) is 0 Å². The summed E-state index contributed by atoms with van der Waals surface area (Å²) in [5, 5.41) is 10.3. The molecule has 108 valence electrons. The lowest BCUT2D eigenvalue weighted by Crippen LogP contribution is -2.40. The predicted molar refractivity (Wildman–Crippen MR) is 78.4 cm³/mol. The maximum Gasteiger partial charge on any atom is 0.222 e. The Morgan fingerprint density at radius 2 is 1.75 bits per heavy atom. The highest BCUT2D eigenvalue weighted by Crippen LogP contribution is 2.28. The second-order valence-electron chi connectivity index (χ2n) is 6.15. The summed E-state index contributed by atoms with van der Waals surface area (Å²) >= 11 is 0. The molecule has 1 aromatic rings. The van der Waals surface area contributed by atoms with Crippen LogP contribution < -0.4 is 0 Å². The fourth-order valence-electron chi connectivity index (χ4n) is 3.47. The zero-order valence-electron chi connectivity index (χ0n) is 11.9. The summed E-state index contributed by atoms with van der Waals surface area (Å²) in [6, 6.07) is 8.27. The van der Waals surface area contributed by atoms with E-state index in [1.54, 1.807) is 0 Å². The van der Waals surface area contributed by atoms with Crippen molar-refractivity contribution in [1.82, 2.24) is 4.90 Å². The minimum Gasteiger partial charge on any atom is -0.392 e. The third kappa shape index (κ3) is 2.88. The highest BCUT2D eigenvalue weighted by molar-refractivity contribution is 5.76. The number of nitrogens with zero attached hydrogens (tertiary/aromatic N) is 1. The van der Waals surface area contributed by atoms with Gasteiger partial charge in [0.25, 0.3) is 0 Å². The van der Waals surface area contributed by atoms with E-state index in [1.807, 2.05) is 17.0 Å². The van der Waals surface area contributed by atoms with Crippen LogP contribution in [0.4, 0.5) is 0 Å². The molecule has 1 fully saturated rings. The lowest BCUT2D eigenvalue weighted by Gasteiger charge is -2.32. The number of aliphatic hydroxyl groups excluding tert-OH is 1. The normalized spacial score (nSPS) is 26.1. The van der Waals surface area contributed by atoms with Gasteiger partial charge in [-0.2, -0.15) is 0 Å². The van der Waals surface area contributed by atoms with Gasteiger partial charge in [0.15, 0.2) is 0 Å². The quantitative estimate of drug-likeness (QED) is 0.897. The lowest BCUT2D eigenvalue weighted by molar-refractivity contribution is -0.134. The Morgan fingerprint density at radius 1 is 1.10 bits per heavy atom. The van der Waals surface area contributed by atoms with Crippen LogP contribution in [0.2, 0.25) is 0 Å². The minimum atomic E-state index is -0.376. The van der Waals surface area contributed by atoms with Gasteiger partial charge in [-0.15, -0.1) is 0 Å². The highest BCUT2D eigenvalue weighted by Gasteiger charge is 2.30. The molecule has 1 heterocycles. The molecule has 2 aliphatic rings. The van der Waals surface area contributed by atoms with Gasteiger partial charge in [0, 0.05) is 19.5 Å². The number of carbonyl (C=O) groups is 1. The predicted octanol–water partition coefficient (Wildman–Crippen LogP) is 2.16. The third-order valence-corrected chi connectivity index (χ3v) is 4.72. The summed E-state index contributed by atoms with van der Waals surface area (Å²) < 4.78 is 0. The second-order valence-corrected chi connectivity index (χ2v) is 6.15. The molecular weight excluding hydrogens is 250 g/mol. The zero-order chi connectivity index (χ0) is 13.9. The van der Waals surface area contributed by atoms with Crippen LogP contribution in [0.25, 0.3) is 0 Å². The fraction of sp³-hybridized carbons (Fsp3) is 0.588. The molecule has 0 spiro atoms. The number of fused-ring (bicyclic) bond motifs is 1. The van der Waals surface area contributed by atoms with Crippen molar-refractivity contribution >= 4 is 5.91 Å². The van der Waals surface area contributed by atoms with Gasteiger partial charge >= 0.3 is 0 Å². The van der Waals surface area contributed by atoms with E-state index in [0.717, 1.165) is 32.4 Å². The summed E-state index contributed by atoms with van der Waals surface area (Å²) in [5.74, 6) is 0.312. The van der Waals surface area contributed by atoms with Crippen LogP contribution in [0.15, 0.2) is 24.3 Å². The van der Waals surface area contributed by atoms with Crippen LogP contribution in [-0.2, 0) is 17.6 Å². The summed E-state index contributed by atoms with van der Waals surface area (Å²) in [6.45, 7) is 1.80. The molecule has 3 rings (SSSR count). The smallest absolute Gasteiger partial charge is 0.222 e. The maximum atomic E-state index is 12.3. The minimum absolute atomic E-state index is 0.0827. The fourth-order valence-corrected chi connectivity index (χ4v) is 3.47. The maximum absolute atomic E-state index is 12.3. The number of aliphatic hydroxyl groups is 1. The van der Waals surface area contributed by atoms with Crippen LogP contribution in [0.1, 0.15) is 36.8 Å². The Kier molecular flexibility index (Phi) is 4.06. The number of hydrogen-bond acceptors (Lipinski definition) is 2. The third-order valence-electron chi connectivity index (χ3n) is 4.72. The Labute approximate surface area is 120 Å². The van der Waals surface area contributed by atoms with Crippen molar-refractivity contribution in [2.75, 3.05) is 13.1 Å². The van der Waals surface area contributed by atoms with Crippen LogP contribution in [0.5, 0.6) is 0 Å². The van der Waals surface area contributed by atoms with E-state index in [1.165, 1.54) is 17.5 Å². The van der Waals surface area contributed by atoms with E-state index in [-0.39, 0.29) is 17.9 Å². The average molecular weight is 273 g/mol. The van der Waals surface area contributed by atoms with Crippen LogP contribution >= 0.6 is 0 Å². The molecule has 0 bridgehead atoms. The van der Waals surface area contributed by atoms with Gasteiger partial charge in [0.1, 0.15) is 0 Å². The molecule has 0 unspecified atom stereocenters. The number of rotatable bonds is 2. The molecule has 0 saturated carbocycles. The molecular formula is C17H23NO2. The van der Waals surface area contributed by atoms with Crippen LogP contribution in [-0.4, -0.2) is 35.1 Å². The molecule has 20 heavy (non-hydrogen) atoms. The van der Waals surface area contributed by atoms with E-state index in [9.17, 15) is 9.90 Å².